The molecule has 2 amide bonds. The SMILES string of the molecule is C/C=C(CC)\N=C(/N)N1CC2(CN(C(=O)N3c4ccc(Cl)cc4OCC3C)C2)C1. The van der Waals surface area contributed by atoms with E-state index in [1.165, 1.54) is 0 Å². The number of fused-ring (bicyclic) bond motifs is 1. The van der Waals surface area contributed by atoms with Crippen molar-refractivity contribution < 1.29 is 9.53 Å². The highest BCUT2D eigenvalue weighted by atomic mass is 35.5. The van der Waals surface area contributed by atoms with Crippen LogP contribution < -0.4 is 15.4 Å². The largest absolute Gasteiger partial charge is 0.489 e. The van der Waals surface area contributed by atoms with Gasteiger partial charge in [0.25, 0.3) is 0 Å². The fraction of sp³-hybridized carbons (Fsp3) is 0.524. The van der Waals surface area contributed by atoms with Gasteiger partial charge in [-0.15, -0.1) is 0 Å². The standard InChI is InChI=1S/C21H28ClN5O2/c1-4-16(5-2)24-19(23)25-10-21(11-25)12-26(13-21)20(28)27-14(3)9-29-18-8-15(22)6-7-17(18)27/h4,6-8,14H,5,9-13H2,1-3H3,(H2,23,24)/b16-4-. The number of nitrogens with two attached hydrogens (primary N) is 1. The monoisotopic (exact) mass is 417 g/mol. The third kappa shape index (κ3) is 3.52. The van der Waals surface area contributed by atoms with Gasteiger partial charge in [-0.05, 0) is 32.4 Å². The Hall–Kier alpha value is -2.41. The van der Waals surface area contributed by atoms with Crippen LogP contribution in [0.4, 0.5) is 10.5 Å². The molecule has 1 spiro atoms. The maximum Gasteiger partial charge on any atom is 0.325 e. The van der Waals surface area contributed by atoms with E-state index in [1.807, 2.05) is 35.8 Å². The lowest BCUT2D eigenvalue weighted by molar-refractivity contribution is -0.0629. The van der Waals surface area contributed by atoms with Gasteiger partial charge in [0.15, 0.2) is 5.96 Å². The molecule has 2 N–H and O–H groups in total. The molecule has 29 heavy (non-hydrogen) atoms. The first-order valence-electron chi connectivity index (χ1n) is 10.1. The van der Waals surface area contributed by atoms with Crippen LogP contribution in [0.5, 0.6) is 5.75 Å². The molecule has 2 saturated heterocycles. The zero-order chi connectivity index (χ0) is 20.8. The number of amides is 2. The van der Waals surface area contributed by atoms with Gasteiger partial charge in [0, 0.05) is 48.4 Å². The van der Waals surface area contributed by atoms with Crippen LogP contribution >= 0.6 is 11.6 Å². The van der Waals surface area contributed by atoms with E-state index in [-0.39, 0.29) is 17.5 Å². The number of nitrogens with zero attached hydrogens (tertiary/aromatic N) is 4. The van der Waals surface area contributed by atoms with E-state index in [0.29, 0.717) is 23.3 Å². The predicted octanol–water partition coefficient (Wildman–Crippen LogP) is 3.29. The molecule has 8 heteroatoms. The van der Waals surface area contributed by atoms with Gasteiger partial charge in [-0.1, -0.05) is 24.6 Å². The van der Waals surface area contributed by atoms with E-state index in [9.17, 15) is 4.79 Å². The molecule has 0 bridgehead atoms. The summed E-state index contributed by atoms with van der Waals surface area (Å²) in [5.74, 6) is 1.23. The molecule has 3 heterocycles. The van der Waals surface area contributed by atoms with Crippen LogP contribution in [0.2, 0.25) is 5.02 Å². The Balaban J connectivity index is 1.38. The van der Waals surface area contributed by atoms with Crippen LogP contribution in [0.3, 0.4) is 0 Å². The first-order chi connectivity index (χ1) is 13.9. The van der Waals surface area contributed by atoms with E-state index >= 15 is 0 Å². The molecule has 1 atom stereocenters. The van der Waals surface area contributed by atoms with Crippen molar-refractivity contribution in [3.8, 4) is 5.75 Å². The molecule has 0 radical (unpaired) electrons. The van der Waals surface area contributed by atoms with E-state index in [4.69, 9.17) is 22.1 Å². The Bertz CT molecular complexity index is 870. The number of benzene rings is 1. The first kappa shape index (κ1) is 19.9. The van der Waals surface area contributed by atoms with E-state index < -0.39 is 0 Å². The maximum atomic E-state index is 13.2. The van der Waals surface area contributed by atoms with Crippen molar-refractivity contribution in [2.45, 2.75) is 33.2 Å². The topological polar surface area (TPSA) is 74.4 Å². The minimum atomic E-state index is -0.0262. The number of halogens is 1. The molecule has 2 fully saturated rings. The Morgan fingerprint density at radius 1 is 1.34 bits per heavy atom. The fourth-order valence-electron chi connectivity index (χ4n) is 4.36. The van der Waals surface area contributed by atoms with Crippen molar-refractivity contribution in [3.05, 3.63) is 35.0 Å². The highest BCUT2D eigenvalue weighted by molar-refractivity contribution is 6.30. The van der Waals surface area contributed by atoms with Crippen molar-refractivity contribution in [1.82, 2.24) is 9.80 Å². The minimum absolute atomic E-state index is 0.0253. The number of rotatable bonds is 2. The Kier molecular flexibility index (Phi) is 5.11. The summed E-state index contributed by atoms with van der Waals surface area (Å²) < 4.78 is 5.76. The number of aliphatic imine (C=N–C) groups is 1. The number of likely N-dealkylation sites (tertiary alicyclic amines) is 2. The number of anilines is 1. The maximum absolute atomic E-state index is 13.2. The molecule has 0 aliphatic carbocycles. The van der Waals surface area contributed by atoms with Crippen LogP contribution in [0, 0.1) is 5.41 Å². The lowest BCUT2D eigenvalue weighted by Gasteiger charge is -2.61. The molecule has 7 nitrogen and oxygen atoms in total. The number of urea groups is 1. The summed E-state index contributed by atoms with van der Waals surface area (Å²) in [4.78, 5) is 23.5. The van der Waals surface area contributed by atoms with Gasteiger partial charge >= 0.3 is 6.03 Å². The van der Waals surface area contributed by atoms with Crippen molar-refractivity contribution in [3.63, 3.8) is 0 Å². The van der Waals surface area contributed by atoms with E-state index in [0.717, 1.165) is 44.0 Å². The number of hydrogen-bond acceptors (Lipinski definition) is 3. The average Bonchev–Trinajstić information content (AvgIpc) is 2.63. The number of guanidine groups is 1. The van der Waals surface area contributed by atoms with Crippen LogP contribution in [0.15, 0.2) is 35.0 Å². The summed E-state index contributed by atoms with van der Waals surface area (Å²) in [5.41, 5.74) is 8.06. The highest BCUT2D eigenvalue weighted by Gasteiger charge is 2.55. The van der Waals surface area contributed by atoms with Crippen LogP contribution in [-0.4, -0.2) is 60.6 Å². The van der Waals surface area contributed by atoms with Gasteiger partial charge in [0.05, 0.1) is 11.7 Å². The molecule has 0 aromatic heterocycles. The second-order valence-electron chi connectivity index (χ2n) is 8.24. The zero-order valence-electron chi connectivity index (χ0n) is 17.2. The van der Waals surface area contributed by atoms with Gasteiger partial charge in [-0.3, -0.25) is 4.90 Å². The predicted molar refractivity (Wildman–Crippen MR) is 116 cm³/mol. The van der Waals surface area contributed by atoms with Crippen molar-refractivity contribution >= 4 is 29.3 Å². The smallest absolute Gasteiger partial charge is 0.325 e. The van der Waals surface area contributed by atoms with Gasteiger partial charge in [0.2, 0.25) is 0 Å². The molecule has 3 aliphatic heterocycles. The van der Waals surface area contributed by atoms with Crippen LogP contribution in [0.25, 0.3) is 0 Å². The molecule has 0 saturated carbocycles. The van der Waals surface area contributed by atoms with Crippen LogP contribution in [-0.2, 0) is 0 Å². The molecule has 1 aromatic rings. The second-order valence-corrected chi connectivity index (χ2v) is 8.68. The lowest BCUT2D eigenvalue weighted by Crippen LogP contribution is -2.75. The minimum Gasteiger partial charge on any atom is -0.489 e. The number of hydrogen-bond donors (Lipinski definition) is 1. The number of ether oxygens (including phenoxy) is 1. The zero-order valence-corrected chi connectivity index (χ0v) is 17.9. The van der Waals surface area contributed by atoms with Crippen molar-refractivity contribution in [2.75, 3.05) is 37.7 Å². The molecule has 156 valence electrons. The fourth-order valence-corrected chi connectivity index (χ4v) is 4.52. The number of carbonyl (C=O) groups is 1. The second kappa shape index (κ2) is 7.44. The Labute approximate surface area is 176 Å². The highest BCUT2D eigenvalue weighted by Crippen LogP contribution is 2.42. The molecule has 1 unspecified atom stereocenters. The summed E-state index contributed by atoms with van der Waals surface area (Å²) in [6.45, 7) is 9.68. The van der Waals surface area contributed by atoms with Gasteiger partial charge in [-0.2, -0.15) is 0 Å². The summed E-state index contributed by atoms with van der Waals surface area (Å²) >= 11 is 6.07. The van der Waals surface area contributed by atoms with Gasteiger partial charge in [-0.25, -0.2) is 9.79 Å². The molecule has 4 rings (SSSR count). The van der Waals surface area contributed by atoms with E-state index in [1.54, 1.807) is 12.1 Å². The number of allylic oxidation sites excluding steroid dienone is 2. The van der Waals surface area contributed by atoms with E-state index in [2.05, 4.69) is 16.8 Å². The summed E-state index contributed by atoms with van der Waals surface area (Å²) in [5, 5.41) is 0.603. The Morgan fingerprint density at radius 3 is 2.69 bits per heavy atom. The van der Waals surface area contributed by atoms with Crippen molar-refractivity contribution in [2.24, 2.45) is 16.1 Å². The average molecular weight is 418 g/mol. The third-order valence-corrected chi connectivity index (χ3v) is 6.20. The summed E-state index contributed by atoms with van der Waals surface area (Å²) in [6.07, 6.45) is 2.85. The third-order valence-electron chi connectivity index (χ3n) is 5.96. The normalized spacial score (nSPS) is 23.3. The molecule has 3 aliphatic rings. The van der Waals surface area contributed by atoms with Crippen LogP contribution in [0.1, 0.15) is 27.2 Å². The lowest BCUT2D eigenvalue weighted by atomic mass is 9.73. The molecular weight excluding hydrogens is 390 g/mol. The molecular formula is C21H28ClN5O2. The molecule has 1 aromatic carbocycles. The first-order valence-corrected chi connectivity index (χ1v) is 10.5. The Morgan fingerprint density at radius 2 is 2.03 bits per heavy atom. The number of carbonyl (C=O) groups excluding carboxylic acids is 1. The van der Waals surface area contributed by atoms with Crippen molar-refractivity contribution in [1.29, 1.82) is 0 Å². The summed E-state index contributed by atoms with van der Waals surface area (Å²) in [7, 11) is 0. The van der Waals surface area contributed by atoms with Gasteiger partial charge < -0.3 is 20.3 Å². The summed E-state index contributed by atoms with van der Waals surface area (Å²) in [6, 6.07) is 5.41. The van der Waals surface area contributed by atoms with Gasteiger partial charge in [0.1, 0.15) is 12.4 Å². The quantitative estimate of drug-likeness (QED) is 0.591.